The first-order valence-corrected chi connectivity index (χ1v) is 9.39. The lowest BCUT2D eigenvalue weighted by molar-refractivity contribution is -0.120. The van der Waals surface area contributed by atoms with Gasteiger partial charge in [0, 0.05) is 12.6 Å². The van der Waals surface area contributed by atoms with Gasteiger partial charge in [-0.2, -0.15) is 0 Å². The number of fused-ring (bicyclic) bond motifs is 1. The molecule has 2 aromatic carbocycles. The molecule has 2 N–H and O–H groups in total. The summed E-state index contributed by atoms with van der Waals surface area (Å²) >= 11 is 0. The van der Waals surface area contributed by atoms with Crippen molar-refractivity contribution in [1.29, 1.82) is 0 Å². The fraction of sp³-hybridized carbons (Fsp3) is 0.333. The molecule has 0 radical (unpaired) electrons. The van der Waals surface area contributed by atoms with Gasteiger partial charge < -0.3 is 24.3 Å². The van der Waals surface area contributed by atoms with Crippen molar-refractivity contribution in [2.75, 3.05) is 18.5 Å². The lowest BCUT2D eigenvalue weighted by atomic mass is 10.1. The molecule has 0 aromatic heterocycles. The predicted molar refractivity (Wildman–Crippen MR) is 104 cm³/mol. The molecule has 4 rings (SSSR count). The summed E-state index contributed by atoms with van der Waals surface area (Å²) in [5, 5.41) is 5.48. The highest BCUT2D eigenvalue weighted by molar-refractivity contribution is 5.84. The summed E-state index contributed by atoms with van der Waals surface area (Å²) in [6.07, 6.45) is -1.83. The van der Waals surface area contributed by atoms with Crippen molar-refractivity contribution in [2.24, 2.45) is 0 Å². The molecule has 2 saturated heterocycles. The topological polar surface area (TPSA) is 95.1 Å². The second kappa shape index (κ2) is 8.50. The third-order valence-corrected chi connectivity index (χ3v) is 4.73. The Balaban J connectivity index is 1.28. The Morgan fingerprint density at radius 3 is 2.34 bits per heavy atom. The number of para-hydroxylation sites is 1. The monoisotopic (exact) mass is 398 g/mol. The number of ether oxygens (including phenoxy) is 4. The highest BCUT2D eigenvalue weighted by Gasteiger charge is 2.49. The maximum atomic E-state index is 12.2. The molecule has 2 amide bonds. The Bertz CT molecular complexity index is 857. The molecule has 0 unspecified atom stereocenters. The molecular formula is C21H22N2O6. The molecule has 0 spiro atoms. The Kier molecular flexibility index (Phi) is 5.64. The predicted octanol–water partition coefficient (Wildman–Crippen LogP) is 2.70. The minimum absolute atomic E-state index is 0.148. The van der Waals surface area contributed by atoms with Gasteiger partial charge in [-0.25, -0.2) is 4.79 Å². The second-order valence-electron chi connectivity index (χ2n) is 6.91. The molecule has 8 nitrogen and oxygen atoms in total. The van der Waals surface area contributed by atoms with Crippen molar-refractivity contribution in [2.45, 2.75) is 31.3 Å². The van der Waals surface area contributed by atoms with E-state index in [4.69, 9.17) is 18.9 Å². The summed E-state index contributed by atoms with van der Waals surface area (Å²) in [6.45, 7) is 2.00. The fourth-order valence-corrected chi connectivity index (χ4v) is 3.47. The molecule has 4 atom stereocenters. The van der Waals surface area contributed by atoms with Crippen LogP contribution >= 0.6 is 0 Å². The molecule has 2 aromatic rings. The van der Waals surface area contributed by atoms with Gasteiger partial charge in [-0.05, 0) is 36.4 Å². The number of anilines is 1. The van der Waals surface area contributed by atoms with E-state index in [1.54, 1.807) is 24.3 Å². The van der Waals surface area contributed by atoms with Crippen LogP contribution in [0.4, 0.5) is 10.5 Å². The number of rotatable bonds is 5. The zero-order valence-corrected chi connectivity index (χ0v) is 15.9. The first-order chi connectivity index (χ1) is 14.1. The number of carbonyl (C=O) groups is 2. The van der Waals surface area contributed by atoms with Crippen LogP contribution in [0.1, 0.15) is 6.92 Å². The van der Waals surface area contributed by atoms with E-state index in [1.807, 2.05) is 30.3 Å². The van der Waals surface area contributed by atoms with Crippen LogP contribution in [0.3, 0.4) is 0 Å². The van der Waals surface area contributed by atoms with Gasteiger partial charge >= 0.3 is 6.09 Å². The van der Waals surface area contributed by atoms with Crippen molar-refractivity contribution < 1.29 is 28.5 Å². The normalized spacial score (nSPS) is 25.1. The molecule has 0 bridgehead atoms. The summed E-state index contributed by atoms with van der Waals surface area (Å²) in [4.78, 5) is 23.5. The number of benzene rings is 2. The van der Waals surface area contributed by atoms with Crippen LogP contribution in [-0.2, 0) is 19.0 Å². The Hall–Kier alpha value is -3.10. The van der Waals surface area contributed by atoms with Crippen LogP contribution in [0, 0.1) is 0 Å². The van der Waals surface area contributed by atoms with Crippen LogP contribution in [-0.4, -0.2) is 49.6 Å². The molecule has 0 aliphatic carbocycles. The number of hydrogen-bond donors (Lipinski definition) is 2. The first kappa shape index (κ1) is 19.2. The Morgan fingerprint density at radius 1 is 0.931 bits per heavy atom. The molecule has 2 aliphatic heterocycles. The summed E-state index contributed by atoms with van der Waals surface area (Å²) < 4.78 is 22.5. The fourth-order valence-electron chi connectivity index (χ4n) is 3.47. The van der Waals surface area contributed by atoms with Crippen LogP contribution in [0.15, 0.2) is 54.6 Å². The summed E-state index contributed by atoms with van der Waals surface area (Å²) in [6, 6.07) is 16.2. The van der Waals surface area contributed by atoms with Gasteiger partial charge in [-0.1, -0.05) is 18.2 Å². The van der Waals surface area contributed by atoms with E-state index in [0.717, 1.165) is 5.75 Å². The molecule has 8 heteroatoms. The highest BCUT2D eigenvalue weighted by atomic mass is 16.6. The molecule has 29 heavy (non-hydrogen) atoms. The smallest absolute Gasteiger partial charge is 0.412 e. The number of carbonyl (C=O) groups excluding carboxylic acids is 2. The largest absolute Gasteiger partial charge is 0.457 e. The molecule has 152 valence electrons. The summed E-state index contributed by atoms with van der Waals surface area (Å²) in [7, 11) is 0. The minimum atomic E-state index is -0.595. The van der Waals surface area contributed by atoms with Gasteiger partial charge in [-0.3, -0.25) is 10.1 Å². The van der Waals surface area contributed by atoms with Gasteiger partial charge in [0.15, 0.2) is 6.10 Å². The van der Waals surface area contributed by atoms with Crippen LogP contribution < -0.4 is 15.4 Å². The van der Waals surface area contributed by atoms with E-state index in [9.17, 15) is 9.59 Å². The van der Waals surface area contributed by atoms with Crippen LogP contribution in [0.5, 0.6) is 11.5 Å². The molecule has 0 saturated carbocycles. The van der Waals surface area contributed by atoms with Crippen molar-refractivity contribution >= 4 is 17.7 Å². The van der Waals surface area contributed by atoms with E-state index in [0.29, 0.717) is 18.0 Å². The number of amides is 2. The molecule has 2 aliphatic rings. The van der Waals surface area contributed by atoms with Crippen LogP contribution in [0.25, 0.3) is 0 Å². The number of nitrogens with one attached hydrogen (secondary N) is 2. The average molecular weight is 398 g/mol. The summed E-state index contributed by atoms with van der Waals surface area (Å²) in [5.74, 6) is 1.24. The lowest BCUT2D eigenvalue weighted by Gasteiger charge is -2.17. The zero-order chi connectivity index (χ0) is 20.2. The molecule has 2 heterocycles. The van der Waals surface area contributed by atoms with Crippen molar-refractivity contribution in [3.63, 3.8) is 0 Å². The van der Waals surface area contributed by atoms with Gasteiger partial charge in [0.2, 0.25) is 5.91 Å². The van der Waals surface area contributed by atoms with E-state index < -0.39 is 12.2 Å². The third kappa shape index (κ3) is 4.67. The van der Waals surface area contributed by atoms with Gasteiger partial charge in [0.25, 0.3) is 0 Å². The van der Waals surface area contributed by atoms with E-state index in [2.05, 4.69) is 10.6 Å². The quantitative estimate of drug-likeness (QED) is 0.804. The maximum Gasteiger partial charge on any atom is 0.412 e. The lowest BCUT2D eigenvalue weighted by Crippen LogP contribution is -2.43. The maximum absolute atomic E-state index is 12.2. The van der Waals surface area contributed by atoms with E-state index >= 15 is 0 Å². The van der Waals surface area contributed by atoms with E-state index in [-0.39, 0.29) is 30.8 Å². The number of hydrogen-bond acceptors (Lipinski definition) is 6. The van der Waals surface area contributed by atoms with E-state index in [1.165, 1.54) is 6.92 Å². The SMILES string of the molecule is CC(=O)N[C@H]1CO[C@H]2[C@@H]1OC[C@H]2OC(=O)Nc1ccc(Oc2ccccc2)cc1. The first-order valence-electron chi connectivity index (χ1n) is 9.39. The van der Waals surface area contributed by atoms with Crippen molar-refractivity contribution in [3.8, 4) is 11.5 Å². The van der Waals surface area contributed by atoms with Gasteiger partial charge in [-0.15, -0.1) is 0 Å². The van der Waals surface area contributed by atoms with Gasteiger partial charge in [0.05, 0.1) is 19.3 Å². The van der Waals surface area contributed by atoms with Crippen molar-refractivity contribution in [1.82, 2.24) is 5.32 Å². The minimum Gasteiger partial charge on any atom is -0.457 e. The second-order valence-corrected chi connectivity index (χ2v) is 6.91. The van der Waals surface area contributed by atoms with Crippen LogP contribution in [0.2, 0.25) is 0 Å². The molecule has 2 fully saturated rings. The highest BCUT2D eigenvalue weighted by Crippen LogP contribution is 2.29. The Morgan fingerprint density at radius 2 is 1.62 bits per heavy atom. The van der Waals surface area contributed by atoms with Gasteiger partial charge in [0.1, 0.15) is 23.7 Å². The van der Waals surface area contributed by atoms with Crippen molar-refractivity contribution in [3.05, 3.63) is 54.6 Å². The standard InChI is InChI=1S/C21H22N2O6/c1-13(24)22-17-11-26-20-18(12-27-19(17)20)29-21(25)23-14-7-9-16(10-8-14)28-15-5-3-2-4-6-15/h2-10,17-20H,11-12H2,1H3,(H,22,24)(H,23,25)/t17-,18+,19+,20+/m0/s1. The molecular weight excluding hydrogens is 376 g/mol. The zero-order valence-electron chi connectivity index (χ0n) is 15.9. The summed E-state index contributed by atoms with van der Waals surface area (Å²) in [5.41, 5.74) is 0.578. The third-order valence-electron chi connectivity index (χ3n) is 4.73. The average Bonchev–Trinajstić information content (AvgIpc) is 3.27. The Labute approximate surface area is 168 Å².